The number of carbonyl (C=O) groups excluding carboxylic acids is 1. The largest absolute Gasteiger partial charge is 0.322 e. The van der Waals surface area contributed by atoms with Crippen LogP contribution in [-0.4, -0.2) is 48.1 Å². The minimum absolute atomic E-state index is 0.0465. The lowest BCUT2D eigenvalue weighted by atomic mass is 10.1. The molecule has 1 aromatic carbocycles. The van der Waals surface area contributed by atoms with Crippen LogP contribution in [0.4, 0.5) is 10.5 Å². The van der Waals surface area contributed by atoms with E-state index in [0.29, 0.717) is 6.04 Å². The number of fused-ring (bicyclic) bond motifs is 1. The van der Waals surface area contributed by atoms with E-state index >= 15 is 0 Å². The highest BCUT2D eigenvalue weighted by atomic mass is 16.2. The molecule has 2 amide bonds. The second kappa shape index (κ2) is 5.44. The summed E-state index contributed by atoms with van der Waals surface area (Å²) in [5, 5.41) is 3.07. The van der Waals surface area contributed by atoms with E-state index in [1.807, 2.05) is 24.8 Å². The van der Waals surface area contributed by atoms with E-state index in [2.05, 4.69) is 22.3 Å². The molecule has 3 rings (SSSR count). The van der Waals surface area contributed by atoms with Crippen LogP contribution in [0.1, 0.15) is 24.0 Å². The van der Waals surface area contributed by atoms with Crippen LogP contribution >= 0.6 is 0 Å². The van der Waals surface area contributed by atoms with Gasteiger partial charge < -0.3 is 10.2 Å². The van der Waals surface area contributed by atoms with E-state index in [1.165, 1.54) is 24.9 Å². The maximum absolute atomic E-state index is 12.4. The molecule has 0 saturated carbocycles. The molecule has 2 aliphatic rings. The van der Waals surface area contributed by atoms with Crippen LogP contribution in [0.2, 0.25) is 0 Å². The molecule has 1 aromatic rings. The summed E-state index contributed by atoms with van der Waals surface area (Å²) in [5.41, 5.74) is 3.22. The average Bonchev–Trinajstić information content (AvgIpc) is 2.90. The van der Waals surface area contributed by atoms with Crippen molar-refractivity contribution in [3.8, 4) is 0 Å². The average molecular weight is 273 g/mol. The molecule has 108 valence electrons. The first-order chi connectivity index (χ1) is 9.63. The summed E-state index contributed by atoms with van der Waals surface area (Å²) in [7, 11) is 0. The summed E-state index contributed by atoms with van der Waals surface area (Å²) in [6, 6.07) is 6.79. The van der Waals surface area contributed by atoms with Gasteiger partial charge in [-0.3, -0.25) is 4.90 Å². The number of amides is 2. The second-order valence-electron chi connectivity index (χ2n) is 6.03. The van der Waals surface area contributed by atoms with Gasteiger partial charge in [0, 0.05) is 31.4 Å². The molecule has 0 radical (unpaired) electrons. The van der Waals surface area contributed by atoms with Crippen LogP contribution in [0.5, 0.6) is 0 Å². The summed E-state index contributed by atoms with van der Waals surface area (Å²) in [4.78, 5) is 16.9. The summed E-state index contributed by atoms with van der Waals surface area (Å²) >= 11 is 0. The first-order valence-electron chi connectivity index (χ1n) is 7.51. The van der Waals surface area contributed by atoms with Gasteiger partial charge in [0.05, 0.1) is 0 Å². The van der Waals surface area contributed by atoms with Gasteiger partial charge in [-0.25, -0.2) is 4.79 Å². The Morgan fingerprint density at radius 1 is 1.25 bits per heavy atom. The van der Waals surface area contributed by atoms with Crippen molar-refractivity contribution in [1.82, 2.24) is 9.80 Å². The normalized spacial score (nSPS) is 22.7. The standard InChI is InChI=1S/C16H23N3O/c1-12-5-6-13(2)15(10-12)17-16(20)19-9-8-18-7-3-4-14(18)11-19/h5-6,10,14H,3-4,7-9,11H2,1-2H3,(H,17,20). The lowest BCUT2D eigenvalue weighted by Crippen LogP contribution is -2.53. The van der Waals surface area contributed by atoms with Crippen LogP contribution in [-0.2, 0) is 0 Å². The van der Waals surface area contributed by atoms with E-state index in [0.717, 1.165) is 30.9 Å². The predicted octanol–water partition coefficient (Wildman–Crippen LogP) is 2.62. The van der Waals surface area contributed by atoms with Crippen LogP contribution in [0.25, 0.3) is 0 Å². The molecule has 1 atom stereocenters. The minimum atomic E-state index is 0.0465. The number of nitrogens with one attached hydrogen (secondary N) is 1. The number of hydrogen-bond donors (Lipinski definition) is 1. The number of carbonyl (C=O) groups is 1. The Balaban J connectivity index is 1.65. The number of aryl methyl sites for hydroxylation is 2. The lowest BCUT2D eigenvalue weighted by Gasteiger charge is -2.37. The van der Waals surface area contributed by atoms with Crippen molar-refractivity contribution in [2.45, 2.75) is 32.7 Å². The highest BCUT2D eigenvalue weighted by Crippen LogP contribution is 2.22. The molecule has 4 nitrogen and oxygen atoms in total. The Bertz CT molecular complexity index is 514. The molecule has 0 spiro atoms. The zero-order valence-electron chi connectivity index (χ0n) is 12.4. The van der Waals surface area contributed by atoms with E-state index in [1.54, 1.807) is 0 Å². The molecular formula is C16H23N3O. The SMILES string of the molecule is Cc1ccc(C)c(NC(=O)N2CCN3CCCC3C2)c1. The van der Waals surface area contributed by atoms with Crippen LogP contribution in [0, 0.1) is 13.8 Å². The number of urea groups is 1. The van der Waals surface area contributed by atoms with Gasteiger partial charge in [0.25, 0.3) is 0 Å². The summed E-state index contributed by atoms with van der Waals surface area (Å²) in [5.74, 6) is 0. The van der Waals surface area contributed by atoms with E-state index in [-0.39, 0.29) is 6.03 Å². The first kappa shape index (κ1) is 13.4. The maximum Gasteiger partial charge on any atom is 0.321 e. The van der Waals surface area contributed by atoms with Crippen molar-refractivity contribution in [2.24, 2.45) is 0 Å². The molecule has 1 N–H and O–H groups in total. The van der Waals surface area contributed by atoms with Crippen LogP contribution < -0.4 is 5.32 Å². The van der Waals surface area contributed by atoms with Gasteiger partial charge in [0.1, 0.15) is 0 Å². The van der Waals surface area contributed by atoms with Gasteiger partial charge in [0.2, 0.25) is 0 Å². The lowest BCUT2D eigenvalue weighted by molar-refractivity contribution is 0.124. The van der Waals surface area contributed by atoms with Crippen molar-refractivity contribution >= 4 is 11.7 Å². The quantitative estimate of drug-likeness (QED) is 0.853. The molecule has 2 fully saturated rings. The Labute approximate surface area is 120 Å². The van der Waals surface area contributed by atoms with Crippen molar-refractivity contribution in [1.29, 1.82) is 0 Å². The number of hydrogen-bond acceptors (Lipinski definition) is 2. The number of benzene rings is 1. The zero-order valence-corrected chi connectivity index (χ0v) is 12.4. The Morgan fingerprint density at radius 3 is 2.95 bits per heavy atom. The summed E-state index contributed by atoms with van der Waals surface area (Å²) in [6.07, 6.45) is 2.50. The maximum atomic E-state index is 12.4. The number of anilines is 1. The number of nitrogens with zero attached hydrogens (tertiary/aromatic N) is 2. The topological polar surface area (TPSA) is 35.6 Å². The van der Waals surface area contributed by atoms with Crippen molar-refractivity contribution in [2.75, 3.05) is 31.5 Å². The summed E-state index contributed by atoms with van der Waals surface area (Å²) in [6.45, 7) is 8.02. The monoisotopic (exact) mass is 273 g/mol. The third-order valence-corrected chi connectivity index (χ3v) is 4.51. The van der Waals surface area contributed by atoms with Crippen LogP contribution in [0.3, 0.4) is 0 Å². The van der Waals surface area contributed by atoms with Crippen LogP contribution in [0.15, 0.2) is 18.2 Å². The molecule has 0 aromatic heterocycles. The molecule has 0 bridgehead atoms. The predicted molar refractivity (Wildman–Crippen MR) is 81.1 cm³/mol. The molecule has 4 heteroatoms. The Hall–Kier alpha value is -1.55. The van der Waals surface area contributed by atoms with E-state index in [9.17, 15) is 4.79 Å². The van der Waals surface area contributed by atoms with Gasteiger partial charge in [-0.05, 0) is 50.4 Å². The van der Waals surface area contributed by atoms with E-state index < -0.39 is 0 Å². The molecule has 2 saturated heterocycles. The zero-order chi connectivity index (χ0) is 14.1. The minimum Gasteiger partial charge on any atom is -0.322 e. The van der Waals surface area contributed by atoms with Gasteiger partial charge in [0.15, 0.2) is 0 Å². The van der Waals surface area contributed by atoms with Crippen molar-refractivity contribution < 1.29 is 4.79 Å². The fourth-order valence-corrected chi connectivity index (χ4v) is 3.24. The second-order valence-corrected chi connectivity index (χ2v) is 6.03. The number of piperazine rings is 1. The molecule has 0 aliphatic carbocycles. The first-order valence-corrected chi connectivity index (χ1v) is 7.51. The van der Waals surface area contributed by atoms with Gasteiger partial charge in [-0.15, -0.1) is 0 Å². The third-order valence-electron chi connectivity index (χ3n) is 4.51. The Morgan fingerprint density at radius 2 is 2.10 bits per heavy atom. The molecular weight excluding hydrogens is 250 g/mol. The van der Waals surface area contributed by atoms with E-state index in [4.69, 9.17) is 0 Å². The third kappa shape index (κ3) is 2.66. The van der Waals surface area contributed by atoms with Gasteiger partial charge in [-0.1, -0.05) is 12.1 Å². The molecule has 2 heterocycles. The van der Waals surface area contributed by atoms with Gasteiger partial charge >= 0.3 is 6.03 Å². The Kier molecular flexibility index (Phi) is 3.66. The molecule has 1 unspecified atom stereocenters. The highest BCUT2D eigenvalue weighted by Gasteiger charge is 2.32. The fourth-order valence-electron chi connectivity index (χ4n) is 3.24. The molecule has 20 heavy (non-hydrogen) atoms. The smallest absolute Gasteiger partial charge is 0.321 e. The van der Waals surface area contributed by atoms with Gasteiger partial charge in [-0.2, -0.15) is 0 Å². The number of rotatable bonds is 1. The summed E-state index contributed by atoms with van der Waals surface area (Å²) < 4.78 is 0. The van der Waals surface area contributed by atoms with Crippen molar-refractivity contribution in [3.63, 3.8) is 0 Å². The molecule has 2 aliphatic heterocycles. The fraction of sp³-hybridized carbons (Fsp3) is 0.562. The highest BCUT2D eigenvalue weighted by molar-refractivity contribution is 5.90. The van der Waals surface area contributed by atoms with Crippen molar-refractivity contribution in [3.05, 3.63) is 29.3 Å².